The van der Waals surface area contributed by atoms with E-state index in [0.29, 0.717) is 34.7 Å². The number of hydrogen-bond donors (Lipinski definition) is 0. The maximum atomic E-state index is 12.2. The van der Waals surface area contributed by atoms with Gasteiger partial charge in [-0.2, -0.15) is 13.2 Å². The summed E-state index contributed by atoms with van der Waals surface area (Å²) in [5, 5.41) is 0. The van der Waals surface area contributed by atoms with Crippen LogP contribution in [0.1, 0.15) is 22.5 Å². The lowest BCUT2D eigenvalue weighted by Crippen LogP contribution is -2.35. The molecular weight excluding hydrogens is 383 g/mol. The molecule has 0 bridgehead atoms. The van der Waals surface area contributed by atoms with Gasteiger partial charge in [0.25, 0.3) is 5.78 Å². The fourth-order valence-electron chi connectivity index (χ4n) is 2.25. The Hall–Kier alpha value is -1.87. The third-order valence-electron chi connectivity index (χ3n) is 3.46. The van der Waals surface area contributed by atoms with Crippen LogP contribution in [-0.2, 0) is 14.3 Å². The van der Waals surface area contributed by atoms with Gasteiger partial charge in [-0.15, -0.1) is 11.3 Å². The normalized spacial score (nSPS) is 17.9. The Morgan fingerprint density at radius 1 is 1.36 bits per heavy atom. The molecule has 0 radical (unpaired) electrons. The van der Waals surface area contributed by atoms with Gasteiger partial charge in [0.2, 0.25) is 5.78 Å². The van der Waals surface area contributed by atoms with Crippen molar-refractivity contribution < 1.29 is 32.3 Å². The quantitative estimate of drug-likeness (QED) is 0.420. The van der Waals surface area contributed by atoms with E-state index in [9.17, 15) is 27.6 Å². The summed E-state index contributed by atoms with van der Waals surface area (Å²) in [5.74, 6) is -3.15. The number of nitrogens with zero attached hydrogens (tertiary/aromatic N) is 1. The van der Waals surface area contributed by atoms with Crippen molar-refractivity contribution in [1.29, 1.82) is 0 Å². The lowest BCUT2D eigenvalue weighted by Gasteiger charge is -2.20. The van der Waals surface area contributed by atoms with E-state index in [2.05, 4.69) is 0 Å². The van der Waals surface area contributed by atoms with E-state index in [1.807, 2.05) is 0 Å². The standard InChI is InChI=1S/C15H13ClF3NO4S/c16-13-4-3-11(25-13)10(21)8-24-14(23)9-2-1-6-20(9)7-5-12(22)15(17,18)19/h3-5,7,9H,1-2,6,8H2/b7-5+/t9-/m0/s1. The van der Waals surface area contributed by atoms with Gasteiger partial charge in [0.15, 0.2) is 6.61 Å². The zero-order valence-electron chi connectivity index (χ0n) is 12.7. The number of hydrogen-bond acceptors (Lipinski definition) is 6. The minimum atomic E-state index is -4.96. The van der Waals surface area contributed by atoms with E-state index in [1.54, 1.807) is 6.07 Å². The highest BCUT2D eigenvalue weighted by Crippen LogP contribution is 2.23. The van der Waals surface area contributed by atoms with E-state index in [-0.39, 0.29) is 0 Å². The molecule has 10 heteroatoms. The minimum absolute atomic E-state index is 0.315. The Morgan fingerprint density at radius 2 is 2.08 bits per heavy atom. The maximum Gasteiger partial charge on any atom is 0.454 e. The number of alkyl halides is 3. The van der Waals surface area contributed by atoms with Crippen molar-refractivity contribution in [2.45, 2.75) is 25.1 Å². The molecule has 0 amide bonds. The van der Waals surface area contributed by atoms with Crippen LogP contribution in [0.3, 0.4) is 0 Å². The molecule has 25 heavy (non-hydrogen) atoms. The number of rotatable bonds is 6. The molecule has 136 valence electrons. The first-order chi connectivity index (χ1) is 11.7. The van der Waals surface area contributed by atoms with Gasteiger partial charge in [-0.05, 0) is 25.0 Å². The largest absolute Gasteiger partial charge is 0.456 e. The molecule has 0 aromatic carbocycles. The number of carbonyl (C=O) groups is 3. The molecular formula is C15H13ClF3NO4S. The Labute approximate surface area is 150 Å². The molecule has 1 aromatic rings. The number of ether oxygens (including phenoxy) is 1. The number of allylic oxidation sites excluding steroid dienone is 1. The third-order valence-corrected chi connectivity index (χ3v) is 4.73. The lowest BCUT2D eigenvalue weighted by molar-refractivity contribution is -0.165. The lowest BCUT2D eigenvalue weighted by atomic mass is 10.2. The number of thiophene rings is 1. The zero-order chi connectivity index (χ0) is 18.6. The summed E-state index contributed by atoms with van der Waals surface area (Å²) in [6.45, 7) is -0.166. The molecule has 1 aliphatic rings. The SMILES string of the molecule is O=C(COC(=O)[C@@H]1CCCN1/C=C/C(=O)C(F)(F)F)c1ccc(Cl)s1. The highest BCUT2D eigenvalue weighted by molar-refractivity contribution is 7.18. The molecule has 1 aromatic heterocycles. The predicted octanol–water partition coefficient (Wildman–Crippen LogP) is 3.24. The number of carbonyl (C=O) groups excluding carboxylic acids is 3. The summed E-state index contributed by atoms with van der Waals surface area (Å²) in [7, 11) is 0. The summed E-state index contributed by atoms with van der Waals surface area (Å²) in [6.07, 6.45) is -2.72. The number of ketones is 2. The summed E-state index contributed by atoms with van der Waals surface area (Å²) >= 11 is 6.77. The molecule has 0 aliphatic carbocycles. The highest BCUT2D eigenvalue weighted by atomic mass is 35.5. The molecule has 1 fully saturated rings. The van der Waals surface area contributed by atoms with Gasteiger partial charge in [-0.25, -0.2) is 4.79 Å². The average molecular weight is 396 g/mol. The maximum absolute atomic E-state index is 12.2. The third kappa shape index (κ3) is 5.30. The average Bonchev–Trinajstić information content (AvgIpc) is 3.17. The molecule has 2 rings (SSSR count). The van der Waals surface area contributed by atoms with Crippen LogP contribution in [0.2, 0.25) is 4.34 Å². The van der Waals surface area contributed by atoms with Gasteiger partial charge in [-0.3, -0.25) is 9.59 Å². The van der Waals surface area contributed by atoms with Gasteiger partial charge in [0.1, 0.15) is 6.04 Å². The Morgan fingerprint density at radius 3 is 2.68 bits per heavy atom. The number of halogens is 4. The van der Waals surface area contributed by atoms with Crippen LogP contribution in [0.5, 0.6) is 0 Å². The molecule has 1 saturated heterocycles. The fraction of sp³-hybridized carbons (Fsp3) is 0.400. The van der Waals surface area contributed by atoms with Crippen molar-refractivity contribution in [3.05, 3.63) is 33.6 Å². The second kappa shape index (κ2) is 8.01. The minimum Gasteiger partial charge on any atom is -0.456 e. The van der Waals surface area contributed by atoms with Crippen LogP contribution >= 0.6 is 22.9 Å². The second-order valence-electron chi connectivity index (χ2n) is 5.21. The molecule has 0 unspecified atom stereocenters. The van der Waals surface area contributed by atoms with E-state index in [1.165, 1.54) is 11.0 Å². The van der Waals surface area contributed by atoms with Gasteiger partial charge in [0, 0.05) is 18.8 Å². The fourth-order valence-corrected chi connectivity index (χ4v) is 3.21. The smallest absolute Gasteiger partial charge is 0.454 e. The molecule has 2 heterocycles. The molecule has 0 spiro atoms. The Bertz CT molecular complexity index is 701. The molecule has 5 nitrogen and oxygen atoms in total. The molecule has 1 atom stereocenters. The van der Waals surface area contributed by atoms with Crippen molar-refractivity contribution >= 4 is 40.5 Å². The van der Waals surface area contributed by atoms with Crippen LogP contribution in [-0.4, -0.2) is 47.8 Å². The molecule has 1 aliphatic heterocycles. The summed E-state index contributed by atoms with van der Waals surface area (Å²) in [6, 6.07) is 2.23. The topological polar surface area (TPSA) is 63.7 Å². The van der Waals surface area contributed by atoms with E-state index < -0.39 is 36.4 Å². The Balaban J connectivity index is 1.90. The first-order valence-corrected chi connectivity index (χ1v) is 8.38. The van der Waals surface area contributed by atoms with Crippen molar-refractivity contribution in [2.75, 3.05) is 13.2 Å². The van der Waals surface area contributed by atoms with Crippen LogP contribution in [0.4, 0.5) is 13.2 Å². The van der Waals surface area contributed by atoms with Gasteiger partial charge >= 0.3 is 12.1 Å². The van der Waals surface area contributed by atoms with Crippen LogP contribution in [0.15, 0.2) is 24.4 Å². The van der Waals surface area contributed by atoms with Crippen LogP contribution in [0, 0.1) is 0 Å². The van der Waals surface area contributed by atoms with Crippen LogP contribution in [0.25, 0.3) is 0 Å². The number of esters is 1. The van der Waals surface area contributed by atoms with E-state index in [0.717, 1.165) is 17.5 Å². The van der Waals surface area contributed by atoms with Crippen LogP contribution < -0.4 is 0 Å². The van der Waals surface area contributed by atoms with Crippen molar-refractivity contribution in [1.82, 2.24) is 4.90 Å². The van der Waals surface area contributed by atoms with Crippen molar-refractivity contribution in [3.8, 4) is 0 Å². The van der Waals surface area contributed by atoms with Crippen molar-refractivity contribution in [2.24, 2.45) is 0 Å². The van der Waals surface area contributed by atoms with Gasteiger partial charge < -0.3 is 9.64 Å². The summed E-state index contributed by atoms with van der Waals surface area (Å²) in [5.41, 5.74) is 0. The van der Waals surface area contributed by atoms with E-state index >= 15 is 0 Å². The zero-order valence-corrected chi connectivity index (χ0v) is 14.3. The van der Waals surface area contributed by atoms with E-state index in [4.69, 9.17) is 16.3 Å². The molecule has 0 saturated carbocycles. The summed E-state index contributed by atoms with van der Waals surface area (Å²) in [4.78, 5) is 36.4. The first kappa shape index (κ1) is 19.5. The predicted molar refractivity (Wildman–Crippen MR) is 84.5 cm³/mol. The second-order valence-corrected chi connectivity index (χ2v) is 6.92. The summed E-state index contributed by atoms with van der Waals surface area (Å²) < 4.78 is 42.0. The first-order valence-electron chi connectivity index (χ1n) is 7.19. The van der Waals surface area contributed by atoms with Gasteiger partial charge in [-0.1, -0.05) is 11.6 Å². The number of likely N-dealkylation sites (tertiary alicyclic amines) is 1. The monoisotopic (exact) mass is 395 g/mol. The molecule has 0 N–H and O–H groups in total. The van der Waals surface area contributed by atoms with Gasteiger partial charge in [0.05, 0.1) is 9.21 Å². The van der Waals surface area contributed by atoms with Crippen molar-refractivity contribution in [3.63, 3.8) is 0 Å². The highest BCUT2D eigenvalue weighted by Gasteiger charge is 2.37. The Kier molecular flexibility index (Phi) is 6.23. The number of Topliss-reactive ketones (excluding diaryl/α,β-unsaturated/α-hetero) is 1.